The van der Waals surface area contributed by atoms with Crippen molar-refractivity contribution in [3.63, 3.8) is 0 Å². The first-order chi connectivity index (χ1) is 2.41. The van der Waals surface area contributed by atoms with Crippen LogP contribution in [0, 0.1) is 31.1 Å². The van der Waals surface area contributed by atoms with Gasteiger partial charge in [0.15, 0.2) is 0 Å². The van der Waals surface area contributed by atoms with Crippen LogP contribution < -0.4 is 0 Å². The summed E-state index contributed by atoms with van der Waals surface area (Å²) in [5, 5.41) is 0. The molecule has 0 saturated heterocycles. The summed E-state index contributed by atoms with van der Waals surface area (Å²) >= 11 is 0. The fourth-order valence-corrected chi connectivity index (χ4v) is 0. The Hall–Kier alpha value is 1.48. The van der Waals surface area contributed by atoms with E-state index in [1.807, 2.05) is 20.5 Å². The van der Waals surface area contributed by atoms with Crippen molar-refractivity contribution in [2.75, 3.05) is 6.66 Å². The normalized spacial score (nSPS) is 6.17. The van der Waals surface area contributed by atoms with E-state index >= 15 is 0 Å². The minimum Gasteiger partial charge on any atom is -0.141 e. The summed E-state index contributed by atoms with van der Waals surface area (Å²) in [5.74, 6) is 0. The van der Waals surface area contributed by atoms with Crippen molar-refractivity contribution in [3.05, 3.63) is 0 Å². The molecule has 0 bridgehead atoms. The van der Waals surface area contributed by atoms with Gasteiger partial charge in [-0.3, -0.25) is 0 Å². The second-order valence-electron chi connectivity index (χ2n) is 0. The second-order valence-corrected chi connectivity index (χ2v) is 0. The Bertz CT molecular complexity index is 11.7. The Morgan fingerprint density at radius 2 is 1.50 bits per heavy atom. The standard InChI is InChI=1S/C2H6.CH5P.CH4.U/c2*1-2;;/h1-2H3;2H2,1H3;1H4;/i;2D;;. The van der Waals surface area contributed by atoms with Crippen LogP contribution in [-0.2, 0) is 0 Å². The zero-order valence-corrected chi connectivity index (χ0v) is 9.16. The first-order valence-corrected chi connectivity index (χ1v) is 2.50. The van der Waals surface area contributed by atoms with Gasteiger partial charge >= 0.3 is 0 Å². The van der Waals surface area contributed by atoms with E-state index in [0.29, 0.717) is 9.18 Å². The van der Waals surface area contributed by atoms with Gasteiger partial charge in [-0.25, -0.2) is 0 Å². The van der Waals surface area contributed by atoms with E-state index in [2.05, 4.69) is 0 Å². The summed E-state index contributed by atoms with van der Waals surface area (Å²) in [6.45, 7) is 5.82. The number of hydrogen-bond donors (Lipinski definition) is 0. The van der Waals surface area contributed by atoms with Crippen molar-refractivity contribution in [1.29, 1.82) is 1.28 Å². The van der Waals surface area contributed by atoms with E-state index in [9.17, 15) is 0 Å². The predicted octanol–water partition coefficient (Wildman–Crippen LogP) is 2.15. The molecule has 1 atom stereocenters. The monoisotopic (exact) mass is 333 g/mol. The minimum absolute atomic E-state index is 0. The average Bonchev–Trinajstić information content (AvgIpc) is 1.46. The van der Waals surface area contributed by atoms with Crippen molar-refractivity contribution in [3.8, 4) is 0 Å². The van der Waals surface area contributed by atoms with Crippen LogP contribution in [0.3, 0.4) is 0 Å². The molecule has 0 radical (unpaired) electrons. The van der Waals surface area contributed by atoms with Crippen LogP contribution in [-0.4, -0.2) is 7.94 Å². The predicted molar refractivity (Wildman–Crippen MR) is 33.7 cm³/mol. The quantitative estimate of drug-likeness (QED) is 0.596. The molecule has 0 nitrogen and oxygen atoms in total. The van der Waals surface area contributed by atoms with Gasteiger partial charge in [0.05, 0.1) is 1.28 Å². The molecule has 0 saturated carbocycles. The van der Waals surface area contributed by atoms with Gasteiger partial charge in [0.2, 0.25) is 0 Å². The molecule has 1 unspecified atom stereocenters. The van der Waals surface area contributed by atoms with Crippen molar-refractivity contribution in [2.45, 2.75) is 21.3 Å². The molecule has 40 valence electrons. The second kappa shape index (κ2) is 88.7. The zero-order valence-electron chi connectivity index (χ0n) is 5.00. The molecular formula is C4H15PU. The smallest absolute Gasteiger partial charge is 0.0543 e. The van der Waals surface area contributed by atoms with E-state index < -0.39 is 0 Å². The SMILES string of the molecule is C.CC.[2H]PC.[U]. The van der Waals surface area contributed by atoms with Crippen LogP contribution in [0.2, 0.25) is 0 Å². The van der Waals surface area contributed by atoms with Crippen LogP contribution in [0.1, 0.15) is 21.3 Å². The Kier molecular flexibility index (Phi) is 231. The minimum atomic E-state index is 0. The fraction of sp³-hybridized carbons (Fsp3) is 1.00. The Labute approximate surface area is 69.3 Å². The van der Waals surface area contributed by atoms with E-state index in [1.54, 1.807) is 0 Å². The summed E-state index contributed by atoms with van der Waals surface area (Å²) in [4.78, 5) is 0. The van der Waals surface area contributed by atoms with Gasteiger partial charge in [-0.2, -0.15) is 0 Å². The summed E-state index contributed by atoms with van der Waals surface area (Å²) in [6.07, 6.45) is 0. The van der Waals surface area contributed by atoms with Crippen molar-refractivity contribution >= 4 is 9.18 Å². The third kappa shape index (κ3) is 50.1. The molecule has 0 amide bonds. The maximum absolute atomic E-state index is 6.24. The van der Waals surface area contributed by atoms with E-state index in [1.165, 1.54) is 0 Å². The third-order valence-electron chi connectivity index (χ3n) is 0. The van der Waals surface area contributed by atoms with Gasteiger partial charge in [0.25, 0.3) is 0 Å². The molecule has 6 heavy (non-hydrogen) atoms. The molecule has 2 heteroatoms. The van der Waals surface area contributed by atoms with Crippen LogP contribution in [0.25, 0.3) is 0 Å². The molecule has 0 aromatic rings. The number of rotatable bonds is 0. The molecule has 0 aliphatic carbocycles. The van der Waals surface area contributed by atoms with Gasteiger partial charge in [-0.1, -0.05) is 27.9 Å². The van der Waals surface area contributed by atoms with Crippen LogP contribution in [0.5, 0.6) is 0 Å². The first-order valence-electron chi connectivity index (χ1n) is 2.00. The Morgan fingerprint density at radius 3 is 1.50 bits per heavy atom. The van der Waals surface area contributed by atoms with Gasteiger partial charge in [0.1, 0.15) is 0 Å². The molecular weight excluding hydrogens is 317 g/mol. The topological polar surface area (TPSA) is 0 Å². The molecule has 0 N–H and O–H groups in total. The Balaban J connectivity index is -0.0000000105. The van der Waals surface area contributed by atoms with Gasteiger partial charge in [0, 0.05) is 31.1 Å². The molecule has 0 rings (SSSR count). The summed E-state index contributed by atoms with van der Waals surface area (Å²) in [5.41, 5.74) is 0. The van der Waals surface area contributed by atoms with E-state index in [-0.39, 0.29) is 38.5 Å². The molecule has 0 heterocycles. The number of hydrogen-bond acceptors (Lipinski definition) is 0. The summed E-state index contributed by atoms with van der Waals surface area (Å²) in [7, 11) is 0.333. The average molecular weight is 333 g/mol. The van der Waals surface area contributed by atoms with E-state index in [4.69, 9.17) is 1.28 Å². The largest absolute Gasteiger partial charge is 0.141 e. The molecule has 0 aromatic carbocycles. The van der Waals surface area contributed by atoms with Crippen molar-refractivity contribution < 1.29 is 31.1 Å². The molecule has 0 fully saturated rings. The van der Waals surface area contributed by atoms with Crippen LogP contribution in [0.4, 0.5) is 0 Å². The van der Waals surface area contributed by atoms with Crippen molar-refractivity contribution in [1.82, 2.24) is 0 Å². The maximum Gasteiger partial charge on any atom is 0.0543 e. The maximum atomic E-state index is 6.24. The van der Waals surface area contributed by atoms with Gasteiger partial charge in [-0.15, -0.1) is 9.18 Å². The van der Waals surface area contributed by atoms with Gasteiger partial charge in [-0.05, 0) is 0 Å². The molecule has 0 spiro atoms. The van der Waals surface area contributed by atoms with Gasteiger partial charge < -0.3 is 0 Å². The molecule has 0 aliphatic rings. The molecule has 0 aliphatic heterocycles. The zero-order chi connectivity index (χ0) is 4.71. The summed E-state index contributed by atoms with van der Waals surface area (Å²) in [6, 6.07) is 0. The van der Waals surface area contributed by atoms with Crippen LogP contribution >= 0.6 is 9.18 Å². The van der Waals surface area contributed by atoms with Crippen molar-refractivity contribution in [2.24, 2.45) is 0 Å². The summed E-state index contributed by atoms with van der Waals surface area (Å²) < 4.78 is 6.24. The third-order valence-corrected chi connectivity index (χ3v) is 0. The molecule has 0 aromatic heterocycles. The first kappa shape index (κ1) is 15.6. The van der Waals surface area contributed by atoms with Crippen LogP contribution in [0.15, 0.2) is 0 Å². The van der Waals surface area contributed by atoms with E-state index in [0.717, 1.165) is 0 Å². The Morgan fingerprint density at radius 1 is 1.50 bits per heavy atom. The fourth-order valence-electron chi connectivity index (χ4n) is 0.